The third-order valence-corrected chi connectivity index (χ3v) is 5.40. The number of aromatic nitrogens is 3. The standard InChI is InChI=1S/C22H21N3O2/c26-22-20-10-7-16(15-4-3-5-19(13-15)27-18-8-9-18)12-17(20)14-24-25(22)21-6-1-2-11-23-21/h1-6,11,13-14,16,18H,7-10,12H2. The van der Waals surface area contributed by atoms with Crippen molar-refractivity contribution in [3.05, 3.63) is 81.9 Å². The van der Waals surface area contributed by atoms with Crippen molar-refractivity contribution < 1.29 is 4.74 Å². The number of fused-ring (bicyclic) bond motifs is 1. The van der Waals surface area contributed by atoms with Crippen LogP contribution >= 0.6 is 0 Å². The SMILES string of the molecule is O=c1c2c(cnn1-c1ccccn1)CC(c1cccc(OC3CC3)c1)CC2. The van der Waals surface area contributed by atoms with Crippen LogP contribution < -0.4 is 10.3 Å². The van der Waals surface area contributed by atoms with Gasteiger partial charge in [0.15, 0.2) is 5.82 Å². The summed E-state index contributed by atoms with van der Waals surface area (Å²) in [4.78, 5) is 17.1. The van der Waals surface area contributed by atoms with Gasteiger partial charge in [0.25, 0.3) is 5.56 Å². The molecule has 0 saturated heterocycles. The van der Waals surface area contributed by atoms with Crippen LogP contribution in [-0.4, -0.2) is 20.9 Å². The van der Waals surface area contributed by atoms with E-state index in [4.69, 9.17) is 4.74 Å². The summed E-state index contributed by atoms with van der Waals surface area (Å²) in [7, 11) is 0. The zero-order chi connectivity index (χ0) is 18.2. The van der Waals surface area contributed by atoms with Gasteiger partial charge in [-0.15, -0.1) is 0 Å². The Kier molecular flexibility index (Phi) is 4.00. The van der Waals surface area contributed by atoms with E-state index in [1.54, 1.807) is 12.3 Å². The van der Waals surface area contributed by atoms with Gasteiger partial charge in [0.2, 0.25) is 0 Å². The molecule has 2 aliphatic carbocycles. The molecule has 5 heteroatoms. The summed E-state index contributed by atoms with van der Waals surface area (Å²) in [5.74, 6) is 1.92. The van der Waals surface area contributed by atoms with Crippen LogP contribution in [0.4, 0.5) is 0 Å². The highest BCUT2D eigenvalue weighted by atomic mass is 16.5. The van der Waals surface area contributed by atoms with Crippen molar-refractivity contribution >= 4 is 0 Å². The van der Waals surface area contributed by atoms with Crippen LogP contribution in [0.2, 0.25) is 0 Å². The van der Waals surface area contributed by atoms with E-state index in [0.717, 1.165) is 49.0 Å². The van der Waals surface area contributed by atoms with E-state index in [0.29, 0.717) is 17.8 Å². The summed E-state index contributed by atoms with van der Waals surface area (Å²) in [6, 6.07) is 13.9. The third-order valence-electron chi connectivity index (χ3n) is 5.40. The molecule has 0 N–H and O–H groups in total. The molecule has 0 bridgehead atoms. The molecule has 2 heterocycles. The fourth-order valence-corrected chi connectivity index (χ4v) is 3.80. The first kappa shape index (κ1) is 16.2. The highest BCUT2D eigenvalue weighted by Crippen LogP contribution is 2.34. The van der Waals surface area contributed by atoms with Crippen molar-refractivity contribution in [1.29, 1.82) is 0 Å². The number of hydrogen-bond acceptors (Lipinski definition) is 4. The number of hydrogen-bond donors (Lipinski definition) is 0. The van der Waals surface area contributed by atoms with Crippen LogP contribution in [0.25, 0.3) is 5.82 Å². The number of rotatable bonds is 4. The molecule has 0 amide bonds. The second-order valence-corrected chi connectivity index (χ2v) is 7.38. The average Bonchev–Trinajstić information content (AvgIpc) is 3.53. The fraction of sp³-hybridized carbons (Fsp3) is 0.318. The number of nitrogens with zero attached hydrogens (tertiary/aromatic N) is 3. The largest absolute Gasteiger partial charge is 0.490 e. The summed E-state index contributed by atoms with van der Waals surface area (Å²) in [6.45, 7) is 0. The molecular weight excluding hydrogens is 338 g/mol. The Morgan fingerprint density at radius 3 is 2.81 bits per heavy atom. The second-order valence-electron chi connectivity index (χ2n) is 7.38. The fourth-order valence-electron chi connectivity index (χ4n) is 3.80. The molecule has 136 valence electrons. The van der Waals surface area contributed by atoms with Gasteiger partial charge in [0, 0.05) is 11.8 Å². The van der Waals surface area contributed by atoms with Gasteiger partial charge in [0.05, 0.1) is 12.3 Å². The van der Waals surface area contributed by atoms with Crippen molar-refractivity contribution in [2.45, 2.75) is 44.1 Å². The van der Waals surface area contributed by atoms with E-state index in [1.807, 2.05) is 24.4 Å². The lowest BCUT2D eigenvalue weighted by molar-refractivity contribution is 0.302. The highest BCUT2D eigenvalue weighted by Gasteiger charge is 2.26. The normalized spacial score (nSPS) is 18.7. The van der Waals surface area contributed by atoms with E-state index in [2.05, 4.69) is 28.3 Å². The maximum Gasteiger partial charge on any atom is 0.276 e. The van der Waals surface area contributed by atoms with Crippen LogP contribution in [0.3, 0.4) is 0 Å². The van der Waals surface area contributed by atoms with Gasteiger partial charge < -0.3 is 4.74 Å². The predicted molar refractivity (Wildman–Crippen MR) is 102 cm³/mol. The van der Waals surface area contributed by atoms with Gasteiger partial charge in [-0.05, 0) is 73.4 Å². The van der Waals surface area contributed by atoms with E-state index in [1.165, 1.54) is 10.2 Å². The van der Waals surface area contributed by atoms with Gasteiger partial charge in [0.1, 0.15) is 5.75 Å². The predicted octanol–water partition coefficient (Wildman–Crippen LogP) is 3.44. The minimum absolute atomic E-state index is 0.0459. The molecule has 0 aliphatic heterocycles. The molecule has 3 aromatic rings. The molecule has 2 aromatic heterocycles. The molecule has 0 radical (unpaired) electrons. The topological polar surface area (TPSA) is 57.0 Å². The highest BCUT2D eigenvalue weighted by molar-refractivity contribution is 5.36. The van der Waals surface area contributed by atoms with Crippen molar-refractivity contribution in [1.82, 2.24) is 14.8 Å². The van der Waals surface area contributed by atoms with E-state index < -0.39 is 0 Å². The summed E-state index contributed by atoms with van der Waals surface area (Å²) >= 11 is 0. The van der Waals surface area contributed by atoms with Crippen molar-refractivity contribution in [3.63, 3.8) is 0 Å². The van der Waals surface area contributed by atoms with Gasteiger partial charge in [-0.1, -0.05) is 18.2 Å². The Labute approximate surface area is 157 Å². The Hall–Kier alpha value is -2.95. The lowest BCUT2D eigenvalue weighted by Crippen LogP contribution is -2.30. The van der Waals surface area contributed by atoms with E-state index in [9.17, 15) is 4.79 Å². The first-order valence-electron chi connectivity index (χ1n) is 9.56. The van der Waals surface area contributed by atoms with Crippen LogP contribution in [0.1, 0.15) is 41.9 Å². The Balaban J connectivity index is 1.42. The quantitative estimate of drug-likeness (QED) is 0.716. The summed E-state index contributed by atoms with van der Waals surface area (Å²) in [5, 5.41) is 4.37. The zero-order valence-corrected chi connectivity index (χ0v) is 15.0. The minimum Gasteiger partial charge on any atom is -0.490 e. The summed E-state index contributed by atoms with van der Waals surface area (Å²) in [5.41, 5.74) is 3.16. The maximum atomic E-state index is 12.9. The first-order valence-corrected chi connectivity index (χ1v) is 9.56. The molecule has 27 heavy (non-hydrogen) atoms. The summed E-state index contributed by atoms with van der Waals surface area (Å²) in [6.07, 6.45) is 8.81. The molecule has 1 saturated carbocycles. The van der Waals surface area contributed by atoms with Crippen molar-refractivity contribution in [2.24, 2.45) is 0 Å². The summed E-state index contributed by atoms with van der Waals surface area (Å²) < 4.78 is 7.34. The molecule has 0 spiro atoms. The number of benzene rings is 1. The molecular formula is C22H21N3O2. The minimum atomic E-state index is -0.0459. The number of ether oxygens (including phenoxy) is 1. The maximum absolute atomic E-state index is 12.9. The monoisotopic (exact) mass is 359 g/mol. The molecule has 5 nitrogen and oxygen atoms in total. The molecule has 1 aromatic carbocycles. The van der Waals surface area contributed by atoms with Gasteiger partial charge in [-0.2, -0.15) is 9.78 Å². The first-order chi connectivity index (χ1) is 13.3. The van der Waals surface area contributed by atoms with E-state index in [-0.39, 0.29) is 5.56 Å². The lowest BCUT2D eigenvalue weighted by Gasteiger charge is -2.25. The Morgan fingerprint density at radius 1 is 1.07 bits per heavy atom. The molecule has 5 rings (SSSR count). The van der Waals surface area contributed by atoms with E-state index >= 15 is 0 Å². The lowest BCUT2D eigenvalue weighted by atomic mass is 9.81. The third kappa shape index (κ3) is 3.25. The van der Waals surface area contributed by atoms with Gasteiger partial charge in [-0.3, -0.25) is 4.79 Å². The zero-order valence-electron chi connectivity index (χ0n) is 15.0. The van der Waals surface area contributed by atoms with Crippen molar-refractivity contribution in [2.75, 3.05) is 0 Å². The average molecular weight is 359 g/mol. The van der Waals surface area contributed by atoms with Crippen LogP contribution in [0.15, 0.2) is 59.7 Å². The van der Waals surface area contributed by atoms with Crippen LogP contribution in [0, 0.1) is 0 Å². The van der Waals surface area contributed by atoms with Crippen LogP contribution in [0.5, 0.6) is 5.75 Å². The Morgan fingerprint density at radius 2 is 2.00 bits per heavy atom. The van der Waals surface area contributed by atoms with Crippen molar-refractivity contribution in [3.8, 4) is 11.6 Å². The van der Waals surface area contributed by atoms with Gasteiger partial charge in [-0.25, -0.2) is 4.98 Å². The second kappa shape index (κ2) is 6.65. The van der Waals surface area contributed by atoms with Crippen LogP contribution in [-0.2, 0) is 12.8 Å². The Bertz CT molecular complexity index is 1030. The molecule has 1 unspecified atom stereocenters. The number of pyridine rings is 1. The molecule has 1 atom stereocenters. The van der Waals surface area contributed by atoms with Gasteiger partial charge >= 0.3 is 0 Å². The molecule has 1 fully saturated rings. The smallest absolute Gasteiger partial charge is 0.276 e. The molecule has 2 aliphatic rings.